The lowest BCUT2D eigenvalue weighted by atomic mass is 10.0. The van der Waals surface area contributed by atoms with Crippen LogP contribution in [0.25, 0.3) is 0 Å². The molecule has 3 unspecified atom stereocenters. The summed E-state index contributed by atoms with van der Waals surface area (Å²) in [4.78, 5) is 23.1. The summed E-state index contributed by atoms with van der Waals surface area (Å²) in [6.07, 6.45) is 71.3. The molecule has 9 heteroatoms. The monoisotopic (exact) mass is 970 g/mol. The fourth-order valence-corrected chi connectivity index (χ4v) is 8.22. The maximum absolute atomic E-state index is 12.9. The third kappa shape index (κ3) is 51.3. The van der Waals surface area contributed by atoms with E-state index in [1.54, 1.807) is 6.08 Å². The number of aliphatic hydroxyl groups excluding tert-OH is 1. The van der Waals surface area contributed by atoms with E-state index in [1.165, 1.54) is 116 Å². The van der Waals surface area contributed by atoms with Crippen LogP contribution in [0.1, 0.15) is 219 Å². The number of quaternary nitrogens is 1. The van der Waals surface area contributed by atoms with Crippen LogP contribution in [0.5, 0.6) is 0 Å². The number of aliphatic hydroxyl groups is 1. The van der Waals surface area contributed by atoms with E-state index in [2.05, 4.69) is 104 Å². The lowest BCUT2D eigenvalue weighted by Crippen LogP contribution is -2.45. The molecule has 0 aromatic heterocycles. The van der Waals surface area contributed by atoms with Crippen molar-refractivity contribution in [2.45, 2.75) is 231 Å². The summed E-state index contributed by atoms with van der Waals surface area (Å²) >= 11 is 0. The molecule has 0 radical (unpaired) electrons. The van der Waals surface area contributed by atoms with E-state index in [0.29, 0.717) is 17.4 Å². The number of rotatable bonds is 49. The molecule has 3 atom stereocenters. The number of carbonyl (C=O) groups excluding carboxylic acids is 1. The lowest BCUT2D eigenvalue weighted by Gasteiger charge is -2.25. The number of phosphoric acid groups is 1. The second-order valence-electron chi connectivity index (χ2n) is 19.6. The predicted octanol–water partition coefficient (Wildman–Crippen LogP) is 16.6. The standard InChI is InChI=1S/C59H105N2O6P/c1-6-8-10-12-14-15-16-17-18-19-20-21-22-23-24-25-26-27-28-29-30-31-32-33-34-35-36-37-38-39-40-41-42-43-44-45-47-49-51-53-59(63)60-57(58(62)52-50-48-46-13-11-9-7-2)56-67-68(64,65)66-55-54-61(3,4)5/h8,10-11,13-15,17-18,20-21,23-24,26-27,50,52,57-58,62H,6-7,9,12,16,19,22,25,28-49,51,53-56H2,1-5H3,(H-,60,63,64,65)/p+1/b10-8-,13-11+,15-14-,18-17-,21-20-,24-23-,27-26-,52-50+. The molecule has 0 fully saturated rings. The molecule has 1 amide bonds. The quantitative estimate of drug-likeness (QED) is 0.0243. The number of unbranched alkanes of at least 4 members (excludes halogenated alkanes) is 22. The highest BCUT2D eigenvalue weighted by Crippen LogP contribution is 2.43. The van der Waals surface area contributed by atoms with Crippen LogP contribution in [-0.2, 0) is 18.4 Å². The zero-order valence-corrected chi connectivity index (χ0v) is 45.5. The average Bonchev–Trinajstić information content (AvgIpc) is 3.30. The van der Waals surface area contributed by atoms with E-state index in [9.17, 15) is 19.4 Å². The molecule has 0 saturated heterocycles. The number of likely N-dealkylation sites (N-methyl/N-ethyl adjacent to an activating group) is 1. The molecule has 0 aliphatic heterocycles. The zero-order chi connectivity index (χ0) is 49.9. The molecule has 0 aliphatic rings. The smallest absolute Gasteiger partial charge is 0.387 e. The van der Waals surface area contributed by atoms with Gasteiger partial charge in [0, 0.05) is 6.42 Å². The van der Waals surface area contributed by atoms with E-state index < -0.39 is 20.0 Å². The minimum atomic E-state index is -4.34. The third-order valence-corrected chi connectivity index (χ3v) is 12.8. The first-order valence-electron chi connectivity index (χ1n) is 27.6. The van der Waals surface area contributed by atoms with Gasteiger partial charge in [-0.15, -0.1) is 0 Å². The Morgan fingerprint density at radius 3 is 1.34 bits per heavy atom. The van der Waals surface area contributed by atoms with Crippen LogP contribution in [0.15, 0.2) is 97.2 Å². The Bertz CT molecular complexity index is 1420. The van der Waals surface area contributed by atoms with Gasteiger partial charge in [0.1, 0.15) is 13.2 Å². The van der Waals surface area contributed by atoms with Gasteiger partial charge in [-0.3, -0.25) is 13.8 Å². The average molecular weight is 970 g/mol. The molecular formula is C59H106N2O6P+. The molecule has 0 rings (SSSR count). The van der Waals surface area contributed by atoms with E-state index >= 15 is 0 Å². The number of amides is 1. The minimum absolute atomic E-state index is 0.0535. The van der Waals surface area contributed by atoms with Crippen LogP contribution in [-0.4, -0.2) is 73.4 Å². The number of phosphoric ester groups is 1. The third-order valence-electron chi connectivity index (χ3n) is 11.8. The van der Waals surface area contributed by atoms with Crippen LogP contribution >= 0.6 is 7.82 Å². The maximum atomic E-state index is 12.9. The topological polar surface area (TPSA) is 105 Å². The number of nitrogens with zero attached hydrogens (tertiary/aromatic N) is 1. The first-order valence-corrected chi connectivity index (χ1v) is 29.1. The minimum Gasteiger partial charge on any atom is -0.387 e. The lowest BCUT2D eigenvalue weighted by molar-refractivity contribution is -0.870. The SMILES string of the molecule is CC/C=C\C/C=C\C/C=C\C/C=C\C/C=C\C/C=C\CCCCCCCCCCCCCCCCCCCCCCC(=O)NC(COP(=O)(O)OCC[N+](C)(C)C)C(O)/C=C/CC/C=C/CCC. The van der Waals surface area contributed by atoms with Gasteiger partial charge in [-0.1, -0.05) is 233 Å². The Balaban J connectivity index is 3.83. The molecule has 0 aromatic carbocycles. The van der Waals surface area contributed by atoms with Crippen molar-refractivity contribution in [2.75, 3.05) is 40.9 Å². The molecule has 3 N–H and O–H groups in total. The van der Waals surface area contributed by atoms with Gasteiger partial charge in [0.25, 0.3) is 0 Å². The summed E-state index contributed by atoms with van der Waals surface area (Å²) < 4.78 is 23.5. The summed E-state index contributed by atoms with van der Waals surface area (Å²) in [6, 6.07) is -0.862. The highest BCUT2D eigenvalue weighted by molar-refractivity contribution is 7.47. The molecular weight excluding hydrogens is 864 g/mol. The molecule has 0 bridgehead atoms. The molecule has 8 nitrogen and oxygen atoms in total. The number of nitrogens with one attached hydrogen (secondary N) is 1. The van der Waals surface area contributed by atoms with Crippen molar-refractivity contribution in [1.82, 2.24) is 5.32 Å². The van der Waals surface area contributed by atoms with E-state index in [4.69, 9.17) is 9.05 Å². The van der Waals surface area contributed by atoms with E-state index in [-0.39, 0.29) is 19.1 Å². The summed E-state index contributed by atoms with van der Waals surface area (Å²) in [5, 5.41) is 13.7. The van der Waals surface area contributed by atoms with Crippen molar-refractivity contribution in [3.8, 4) is 0 Å². The normalized spacial score (nSPS) is 14.8. The highest BCUT2D eigenvalue weighted by Gasteiger charge is 2.27. The zero-order valence-electron chi connectivity index (χ0n) is 44.6. The Morgan fingerprint density at radius 1 is 0.515 bits per heavy atom. The van der Waals surface area contributed by atoms with Gasteiger partial charge in [-0.25, -0.2) is 4.57 Å². The Morgan fingerprint density at radius 2 is 0.897 bits per heavy atom. The van der Waals surface area contributed by atoms with Crippen LogP contribution < -0.4 is 5.32 Å². The second kappa shape index (κ2) is 49.4. The van der Waals surface area contributed by atoms with E-state index in [0.717, 1.165) is 83.5 Å². The van der Waals surface area contributed by atoms with Gasteiger partial charge >= 0.3 is 7.82 Å². The van der Waals surface area contributed by atoms with Crippen LogP contribution in [0.3, 0.4) is 0 Å². The van der Waals surface area contributed by atoms with Gasteiger partial charge in [0.05, 0.1) is 39.9 Å². The van der Waals surface area contributed by atoms with Crippen molar-refractivity contribution in [3.63, 3.8) is 0 Å². The Labute approximate surface area is 419 Å². The van der Waals surface area contributed by atoms with Crippen LogP contribution in [0, 0.1) is 0 Å². The molecule has 0 aromatic rings. The van der Waals surface area contributed by atoms with E-state index in [1.807, 2.05) is 27.2 Å². The molecule has 392 valence electrons. The number of hydrogen-bond donors (Lipinski definition) is 3. The van der Waals surface area contributed by atoms with Gasteiger partial charge in [0.15, 0.2) is 0 Å². The fraction of sp³-hybridized carbons (Fsp3) is 0.712. The molecule has 0 saturated carbocycles. The molecule has 68 heavy (non-hydrogen) atoms. The Kier molecular flexibility index (Phi) is 47.5. The van der Waals surface area contributed by atoms with Gasteiger partial charge in [-0.2, -0.15) is 0 Å². The van der Waals surface area contributed by atoms with Crippen molar-refractivity contribution < 1.29 is 32.9 Å². The maximum Gasteiger partial charge on any atom is 0.472 e. The summed E-state index contributed by atoms with van der Waals surface area (Å²) in [6.45, 7) is 4.56. The van der Waals surface area contributed by atoms with Gasteiger partial charge < -0.3 is 19.8 Å². The second-order valence-corrected chi connectivity index (χ2v) is 21.0. The number of allylic oxidation sites excluding steroid dienone is 15. The molecule has 0 heterocycles. The largest absolute Gasteiger partial charge is 0.472 e. The number of carbonyl (C=O) groups is 1. The van der Waals surface area contributed by atoms with Crippen molar-refractivity contribution in [1.29, 1.82) is 0 Å². The first-order chi connectivity index (χ1) is 33.0. The Hall–Kier alpha value is -2.58. The van der Waals surface area contributed by atoms with Crippen molar-refractivity contribution in [3.05, 3.63) is 97.2 Å². The highest BCUT2D eigenvalue weighted by atomic mass is 31.2. The molecule has 0 spiro atoms. The molecule has 0 aliphatic carbocycles. The van der Waals surface area contributed by atoms with Crippen molar-refractivity contribution in [2.24, 2.45) is 0 Å². The predicted molar refractivity (Wildman–Crippen MR) is 295 cm³/mol. The summed E-state index contributed by atoms with van der Waals surface area (Å²) in [5.74, 6) is -0.193. The van der Waals surface area contributed by atoms with Gasteiger partial charge in [0.2, 0.25) is 5.91 Å². The van der Waals surface area contributed by atoms with Gasteiger partial charge in [-0.05, 0) is 77.0 Å². The van der Waals surface area contributed by atoms with Crippen LogP contribution in [0.2, 0.25) is 0 Å². The first kappa shape index (κ1) is 65.4. The van der Waals surface area contributed by atoms with Crippen molar-refractivity contribution >= 4 is 13.7 Å². The number of hydrogen-bond acceptors (Lipinski definition) is 5. The summed E-state index contributed by atoms with van der Waals surface area (Å²) in [7, 11) is 1.55. The fourth-order valence-electron chi connectivity index (χ4n) is 7.48. The summed E-state index contributed by atoms with van der Waals surface area (Å²) in [5.41, 5.74) is 0. The van der Waals surface area contributed by atoms with Crippen LogP contribution in [0.4, 0.5) is 0 Å².